The molecule has 0 aliphatic heterocycles. The molecule has 18 heavy (non-hydrogen) atoms. The first kappa shape index (κ1) is 17.7. The highest BCUT2D eigenvalue weighted by atomic mass is 16.1. The Balaban J connectivity index is 3.43. The highest BCUT2D eigenvalue weighted by Crippen LogP contribution is 2.20. The lowest BCUT2D eigenvalue weighted by atomic mass is 9.92. The first-order valence-electron chi connectivity index (χ1n) is 7.91. The van der Waals surface area contributed by atoms with Crippen molar-refractivity contribution in [3.05, 3.63) is 0 Å². The van der Waals surface area contributed by atoms with E-state index < -0.39 is 0 Å². The van der Waals surface area contributed by atoms with E-state index in [1.807, 2.05) is 0 Å². The maximum absolute atomic E-state index is 10.9. The predicted molar refractivity (Wildman–Crippen MR) is 80.8 cm³/mol. The van der Waals surface area contributed by atoms with Crippen LogP contribution in [0.3, 0.4) is 0 Å². The summed E-state index contributed by atoms with van der Waals surface area (Å²) in [7, 11) is 0. The van der Waals surface area contributed by atoms with Crippen LogP contribution in [-0.4, -0.2) is 5.78 Å². The monoisotopic (exact) mass is 254 g/mol. The molecule has 0 saturated carbocycles. The number of carbonyl (C=O) groups excluding carboxylic acids is 1. The highest BCUT2D eigenvalue weighted by Gasteiger charge is 2.07. The van der Waals surface area contributed by atoms with Crippen molar-refractivity contribution in [1.29, 1.82) is 0 Å². The Morgan fingerprint density at radius 3 is 1.67 bits per heavy atom. The summed E-state index contributed by atoms with van der Waals surface area (Å²) in [4.78, 5) is 10.9. The third kappa shape index (κ3) is 12.1. The van der Waals surface area contributed by atoms with Crippen molar-refractivity contribution >= 4 is 5.78 Å². The largest absolute Gasteiger partial charge is 0.300 e. The van der Waals surface area contributed by atoms with Crippen LogP contribution in [-0.2, 0) is 4.79 Å². The van der Waals surface area contributed by atoms with Crippen molar-refractivity contribution < 1.29 is 4.79 Å². The van der Waals surface area contributed by atoms with Gasteiger partial charge in [-0.1, -0.05) is 66.2 Å². The van der Waals surface area contributed by atoms with E-state index in [1.165, 1.54) is 38.5 Å². The fourth-order valence-corrected chi connectivity index (χ4v) is 2.43. The summed E-state index contributed by atoms with van der Waals surface area (Å²) in [6.45, 7) is 11.0. The van der Waals surface area contributed by atoms with E-state index >= 15 is 0 Å². The molecular weight excluding hydrogens is 220 g/mol. The van der Waals surface area contributed by atoms with Crippen molar-refractivity contribution in [2.75, 3.05) is 0 Å². The molecule has 108 valence electrons. The molecule has 0 spiro atoms. The molecule has 0 fully saturated rings. The molecule has 0 aromatic carbocycles. The molecule has 1 nitrogen and oxygen atoms in total. The van der Waals surface area contributed by atoms with Crippen molar-refractivity contribution in [3.63, 3.8) is 0 Å². The fraction of sp³-hybridized carbons (Fsp3) is 0.941. The minimum atomic E-state index is 0.337. The number of hydrogen-bond donors (Lipinski definition) is 0. The Hall–Kier alpha value is -0.330. The van der Waals surface area contributed by atoms with Gasteiger partial charge in [0.15, 0.2) is 0 Å². The van der Waals surface area contributed by atoms with Crippen molar-refractivity contribution in [2.45, 2.75) is 86.0 Å². The molecule has 0 aromatic heterocycles. The summed E-state index contributed by atoms with van der Waals surface area (Å²) in [6.07, 6.45) is 9.99. The zero-order valence-corrected chi connectivity index (χ0v) is 13.3. The molecule has 0 aliphatic carbocycles. The Bertz CT molecular complexity index is 208. The molecule has 2 unspecified atom stereocenters. The molecule has 0 aromatic rings. The van der Waals surface area contributed by atoms with E-state index in [-0.39, 0.29) is 0 Å². The average molecular weight is 254 g/mol. The van der Waals surface area contributed by atoms with Crippen LogP contribution in [0.5, 0.6) is 0 Å². The summed E-state index contributed by atoms with van der Waals surface area (Å²) in [5.74, 6) is 2.79. The van der Waals surface area contributed by atoms with Gasteiger partial charge >= 0.3 is 0 Å². The van der Waals surface area contributed by atoms with Crippen LogP contribution in [0.4, 0.5) is 0 Å². The summed E-state index contributed by atoms with van der Waals surface area (Å²) in [5, 5.41) is 0. The van der Waals surface area contributed by atoms with Gasteiger partial charge in [0.05, 0.1) is 0 Å². The summed E-state index contributed by atoms with van der Waals surface area (Å²) in [6, 6.07) is 0. The van der Waals surface area contributed by atoms with Gasteiger partial charge in [0, 0.05) is 6.42 Å². The van der Waals surface area contributed by atoms with Crippen LogP contribution < -0.4 is 0 Å². The second-order valence-electron chi connectivity index (χ2n) is 6.71. The van der Waals surface area contributed by atoms with Crippen molar-refractivity contribution in [3.8, 4) is 0 Å². The molecule has 0 bridgehead atoms. The van der Waals surface area contributed by atoms with Gasteiger partial charge in [0.25, 0.3) is 0 Å². The van der Waals surface area contributed by atoms with Crippen LogP contribution in [0.2, 0.25) is 0 Å². The summed E-state index contributed by atoms with van der Waals surface area (Å²) < 4.78 is 0. The van der Waals surface area contributed by atoms with Crippen LogP contribution in [0.1, 0.15) is 86.0 Å². The molecule has 0 rings (SSSR count). The van der Waals surface area contributed by atoms with Crippen LogP contribution in [0.25, 0.3) is 0 Å². The van der Waals surface area contributed by atoms with E-state index in [4.69, 9.17) is 0 Å². The summed E-state index contributed by atoms with van der Waals surface area (Å²) in [5.41, 5.74) is 0. The van der Waals surface area contributed by atoms with Gasteiger partial charge in [0.1, 0.15) is 5.78 Å². The molecule has 2 atom stereocenters. The molecular formula is C17H34O. The predicted octanol–water partition coefficient (Wildman–Crippen LogP) is 5.62. The van der Waals surface area contributed by atoms with Crippen molar-refractivity contribution in [1.82, 2.24) is 0 Å². The molecule has 0 N–H and O–H groups in total. The van der Waals surface area contributed by atoms with E-state index in [0.29, 0.717) is 5.78 Å². The van der Waals surface area contributed by atoms with Gasteiger partial charge in [-0.25, -0.2) is 0 Å². The smallest absolute Gasteiger partial charge is 0.129 e. The summed E-state index contributed by atoms with van der Waals surface area (Å²) >= 11 is 0. The second kappa shape index (κ2) is 10.6. The SMILES string of the molecule is CC(=O)CCC(C)CCCC(C)CCCC(C)C. The lowest BCUT2D eigenvalue weighted by Crippen LogP contribution is -2.01. The molecule has 0 aliphatic rings. The highest BCUT2D eigenvalue weighted by molar-refractivity contribution is 5.75. The molecule has 0 radical (unpaired) electrons. The lowest BCUT2D eigenvalue weighted by molar-refractivity contribution is -0.117. The van der Waals surface area contributed by atoms with E-state index in [0.717, 1.165) is 30.6 Å². The van der Waals surface area contributed by atoms with Gasteiger partial charge in [-0.05, 0) is 31.1 Å². The van der Waals surface area contributed by atoms with E-state index in [1.54, 1.807) is 6.92 Å². The average Bonchev–Trinajstić information content (AvgIpc) is 2.25. The molecule has 0 saturated heterocycles. The van der Waals surface area contributed by atoms with E-state index in [9.17, 15) is 4.79 Å². The standard InChI is InChI=1S/C17H34O/c1-14(2)8-6-9-15(3)10-7-11-16(4)12-13-17(5)18/h14-16H,6-13H2,1-5H3. The lowest BCUT2D eigenvalue weighted by Gasteiger charge is -2.14. The first-order valence-corrected chi connectivity index (χ1v) is 7.91. The number of rotatable bonds is 11. The number of hydrogen-bond acceptors (Lipinski definition) is 1. The third-order valence-corrected chi connectivity index (χ3v) is 3.86. The quantitative estimate of drug-likeness (QED) is 0.467. The van der Waals surface area contributed by atoms with Crippen LogP contribution in [0.15, 0.2) is 0 Å². The first-order chi connectivity index (χ1) is 8.41. The van der Waals surface area contributed by atoms with Gasteiger partial charge < -0.3 is 4.79 Å². The normalized spacial score (nSPS) is 14.8. The van der Waals surface area contributed by atoms with Crippen LogP contribution >= 0.6 is 0 Å². The van der Waals surface area contributed by atoms with E-state index in [2.05, 4.69) is 27.7 Å². The van der Waals surface area contributed by atoms with Gasteiger partial charge in [-0.15, -0.1) is 0 Å². The Morgan fingerprint density at radius 2 is 1.22 bits per heavy atom. The Kier molecular flexibility index (Phi) is 10.4. The molecule has 0 heterocycles. The minimum absolute atomic E-state index is 0.337. The van der Waals surface area contributed by atoms with Crippen molar-refractivity contribution in [2.24, 2.45) is 17.8 Å². The van der Waals surface area contributed by atoms with Gasteiger partial charge in [-0.3, -0.25) is 0 Å². The Morgan fingerprint density at radius 1 is 0.778 bits per heavy atom. The third-order valence-electron chi connectivity index (χ3n) is 3.86. The number of Topliss-reactive ketones (excluding diaryl/α,β-unsaturated/α-hetero) is 1. The zero-order chi connectivity index (χ0) is 14.0. The number of ketones is 1. The second-order valence-corrected chi connectivity index (χ2v) is 6.71. The zero-order valence-electron chi connectivity index (χ0n) is 13.3. The number of carbonyl (C=O) groups is 1. The molecule has 1 heteroatoms. The van der Waals surface area contributed by atoms with Gasteiger partial charge in [0.2, 0.25) is 0 Å². The minimum Gasteiger partial charge on any atom is -0.300 e. The fourth-order valence-electron chi connectivity index (χ4n) is 2.43. The van der Waals surface area contributed by atoms with Crippen LogP contribution in [0, 0.1) is 17.8 Å². The topological polar surface area (TPSA) is 17.1 Å². The van der Waals surface area contributed by atoms with Gasteiger partial charge in [-0.2, -0.15) is 0 Å². The Labute approximate surface area is 115 Å². The maximum Gasteiger partial charge on any atom is 0.129 e. The maximum atomic E-state index is 10.9. The molecule has 0 amide bonds.